The van der Waals surface area contributed by atoms with E-state index in [-0.39, 0.29) is 0 Å². The van der Waals surface area contributed by atoms with Gasteiger partial charge in [-0.25, -0.2) is 9.97 Å². The molecule has 0 aliphatic carbocycles. The van der Waals surface area contributed by atoms with E-state index >= 15 is 0 Å². The molecule has 0 saturated heterocycles. The highest BCUT2D eigenvalue weighted by Crippen LogP contribution is 2.35. The van der Waals surface area contributed by atoms with E-state index in [4.69, 9.17) is 8.83 Å². The van der Waals surface area contributed by atoms with Gasteiger partial charge in [-0.2, -0.15) is 0 Å². The molecular weight excluding hydrogens is 288 g/mol. The Hall–Kier alpha value is -3.14. The number of aromatic nitrogens is 2. The first-order valence-electron chi connectivity index (χ1n) is 7.44. The number of fused-ring (bicyclic) bond motifs is 4. The first kappa shape index (κ1) is 12.4. The van der Waals surface area contributed by atoms with E-state index in [0.717, 1.165) is 33.0 Å². The number of rotatable bonds is 1. The maximum absolute atomic E-state index is 5.92. The van der Waals surface area contributed by atoms with Crippen molar-refractivity contribution in [2.45, 2.75) is 6.92 Å². The lowest BCUT2D eigenvalue weighted by molar-refractivity contribution is 0.558. The molecule has 0 bridgehead atoms. The number of hydrogen-bond donors (Lipinski definition) is 0. The molecule has 0 spiro atoms. The summed E-state index contributed by atoms with van der Waals surface area (Å²) in [6.07, 6.45) is 0. The smallest absolute Gasteiger partial charge is 0.231 e. The van der Waals surface area contributed by atoms with Crippen LogP contribution < -0.4 is 0 Å². The summed E-state index contributed by atoms with van der Waals surface area (Å²) in [6, 6.07) is 17.9. The van der Waals surface area contributed by atoms with Gasteiger partial charge in [0.1, 0.15) is 11.0 Å². The summed E-state index contributed by atoms with van der Waals surface area (Å²) in [5, 5.41) is 2.16. The van der Waals surface area contributed by atoms with E-state index in [2.05, 4.69) is 22.1 Å². The largest absolute Gasteiger partial charge is 0.440 e. The Kier molecular flexibility index (Phi) is 2.39. The Morgan fingerprint density at radius 2 is 1.70 bits per heavy atom. The van der Waals surface area contributed by atoms with Crippen LogP contribution in [0.4, 0.5) is 0 Å². The summed E-state index contributed by atoms with van der Waals surface area (Å²) < 4.78 is 11.8. The van der Waals surface area contributed by atoms with Crippen molar-refractivity contribution < 1.29 is 8.83 Å². The topological polar surface area (TPSA) is 52.1 Å². The van der Waals surface area contributed by atoms with Gasteiger partial charge in [-0.15, -0.1) is 0 Å². The van der Waals surface area contributed by atoms with Crippen molar-refractivity contribution >= 4 is 33.0 Å². The van der Waals surface area contributed by atoms with Crippen molar-refractivity contribution in [2.75, 3.05) is 0 Å². The van der Waals surface area contributed by atoms with Gasteiger partial charge in [-0.3, -0.25) is 0 Å². The predicted molar refractivity (Wildman–Crippen MR) is 89.3 cm³/mol. The third kappa shape index (κ3) is 1.78. The minimum Gasteiger partial charge on any atom is -0.440 e. The Labute approximate surface area is 131 Å². The molecule has 5 aromatic rings. The van der Waals surface area contributed by atoms with Gasteiger partial charge in [-0.1, -0.05) is 36.4 Å². The summed E-state index contributed by atoms with van der Waals surface area (Å²) in [5.74, 6) is 1.19. The fourth-order valence-electron chi connectivity index (χ4n) is 3.00. The molecule has 0 amide bonds. The molecule has 2 heterocycles. The van der Waals surface area contributed by atoms with Gasteiger partial charge in [0.05, 0.1) is 5.56 Å². The lowest BCUT2D eigenvalue weighted by atomic mass is 10.0. The molecule has 0 atom stereocenters. The number of oxazole rings is 2. The minimum absolute atomic E-state index is 0.554. The van der Waals surface area contributed by atoms with Crippen LogP contribution in [0.3, 0.4) is 0 Å². The predicted octanol–water partition coefficient (Wildman–Crippen LogP) is 5.10. The molecule has 0 unspecified atom stereocenters. The zero-order valence-corrected chi connectivity index (χ0v) is 12.4. The molecule has 4 nitrogen and oxygen atoms in total. The molecule has 23 heavy (non-hydrogen) atoms. The van der Waals surface area contributed by atoms with E-state index in [0.29, 0.717) is 17.4 Å². The molecule has 0 aliphatic heterocycles. The van der Waals surface area contributed by atoms with Crippen LogP contribution in [-0.2, 0) is 0 Å². The van der Waals surface area contributed by atoms with Crippen molar-refractivity contribution in [3.63, 3.8) is 0 Å². The first-order chi connectivity index (χ1) is 11.3. The zero-order chi connectivity index (χ0) is 15.4. The van der Waals surface area contributed by atoms with Gasteiger partial charge in [0.2, 0.25) is 5.89 Å². The molecular formula is C19H12N2O2. The van der Waals surface area contributed by atoms with E-state index < -0.39 is 0 Å². The van der Waals surface area contributed by atoms with Crippen LogP contribution in [0, 0.1) is 6.92 Å². The second kappa shape index (κ2) is 4.43. The van der Waals surface area contributed by atoms with Crippen LogP contribution in [-0.4, -0.2) is 9.97 Å². The fourth-order valence-corrected chi connectivity index (χ4v) is 3.00. The van der Waals surface area contributed by atoms with Crippen LogP contribution in [0.1, 0.15) is 5.89 Å². The Morgan fingerprint density at radius 1 is 0.870 bits per heavy atom. The van der Waals surface area contributed by atoms with Crippen molar-refractivity contribution in [1.29, 1.82) is 0 Å². The number of para-hydroxylation sites is 2. The van der Waals surface area contributed by atoms with Gasteiger partial charge in [0.25, 0.3) is 0 Å². The van der Waals surface area contributed by atoms with Crippen LogP contribution in [0.15, 0.2) is 63.4 Å². The van der Waals surface area contributed by atoms with Gasteiger partial charge in [0.15, 0.2) is 17.1 Å². The molecule has 5 rings (SSSR count). The lowest BCUT2D eigenvalue weighted by Crippen LogP contribution is -1.82. The fraction of sp³-hybridized carbons (Fsp3) is 0.0526. The molecule has 2 aromatic heterocycles. The second-order valence-corrected chi connectivity index (χ2v) is 5.54. The first-order valence-corrected chi connectivity index (χ1v) is 7.44. The van der Waals surface area contributed by atoms with E-state index in [1.807, 2.05) is 49.4 Å². The molecule has 4 heteroatoms. The quantitative estimate of drug-likeness (QED) is 0.432. The van der Waals surface area contributed by atoms with Crippen molar-refractivity contribution in [3.05, 3.63) is 60.5 Å². The molecule has 0 saturated carbocycles. The Balaban J connectivity index is 1.92. The third-order valence-electron chi connectivity index (χ3n) is 4.02. The SMILES string of the molecule is Cc1nc2c(o1)c(-c1nc3ccccc3o1)cc1ccccc12. The highest BCUT2D eigenvalue weighted by atomic mass is 16.4. The number of aryl methyl sites for hydroxylation is 1. The maximum atomic E-state index is 5.92. The van der Waals surface area contributed by atoms with Crippen LogP contribution >= 0.6 is 0 Å². The average Bonchev–Trinajstić information content (AvgIpc) is 3.17. The second-order valence-electron chi connectivity index (χ2n) is 5.54. The molecule has 110 valence electrons. The summed E-state index contributed by atoms with van der Waals surface area (Å²) in [4.78, 5) is 9.14. The zero-order valence-electron chi connectivity index (χ0n) is 12.4. The van der Waals surface area contributed by atoms with Crippen LogP contribution in [0.2, 0.25) is 0 Å². The summed E-state index contributed by atoms with van der Waals surface area (Å²) in [6.45, 7) is 1.85. The van der Waals surface area contributed by atoms with Crippen molar-refractivity contribution in [2.24, 2.45) is 0 Å². The molecule has 0 N–H and O–H groups in total. The summed E-state index contributed by atoms with van der Waals surface area (Å²) in [7, 11) is 0. The van der Waals surface area contributed by atoms with Crippen molar-refractivity contribution in [3.8, 4) is 11.5 Å². The summed E-state index contributed by atoms with van der Waals surface area (Å²) in [5.41, 5.74) is 3.99. The monoisotopic (exact) mass is 300 g/mol. The van der Waals surface area contributed by atoms with E-state index in [1.165, 1.54) is 0 Å². The van der Waals surface area contributed by atoms with Gasteiger partial charge in [-0.05, 0) is 23.6 Å². The standard InChI is InChI=1S/C19H12N2O2/c1-11-20-17-13-7-3-2-6-12(13)10-14(18(17)22-11)19-21-15-8-4-5-9-16(15)23-19/h2-10H,1H3. The number of benzene rings is 3. The van der Waals surface area contributed by atoms with Gasteiger partial charge >= 0.3 is 0 Å². The number of nitrogens with zero attached hydrogens (tertiary/aromatic N) is 2. The normalized spacial score (nSPS) is 11.7. The van der Waals surface area contributed by atoms with Crippen LogP contribution in [0.25, 0.3) is 44.4 Å². The molecule has 3 aromatic carbocycles. The van der Waals surface area contributed by atoms with Gasteiger partial charge in [0, 0.05) is 12.3 Å². The van der Waals surface area contributed by atoms with Crippen molar-refractivity contribution in [1.82, 2.24) is 9.97 Å². The summed E-state index contributed by atoms with van der Waals surface area (Å²) >= 11 is 0. The highest BCUT2D eigenvalue weighted by Gasteiger charge is 2.18. The van der Waals surface area contributed by atoms with Crippen LogP contribution in [0.5, 0.6) is 0 Å². The average molecular weight is 300 g/mol. The molecule has 0 radical (unpaired) electrons. The minimum atomic E-state index is 0.554. The third-order valence-corrected chi connectivity index (χ3v) is 4.02. The lowest BCUT2D eigenvalue weighted by Gasteiger charge is -2.02. The van der Waals surface area contributed by atoms with E-state index in [9.17, 15) is 0 Å². The van der Waals surface area contributed by atoms with E-state index in [1.54, 1.807) is 0 Å². The molecule has 0 aliphatic rings. The van der Waals surface area contributed by atoms with Gasteiger partial charge < -0.3 is 8.83 Å². The molecule has 0 fully saturated rings. The Morgan fingerprint density at radius 3 is 2.61 bits per heavy atom. The Bertz CT molecular complexity index is 1150. The maximum Gasteiger partial charge on any atom is 0.231 e. The number of hydrogen-bond acceptors (Lipinski definition) is 4. The highest BCUT2D eigenvalue weighted by molar-refractivity contribution is 6.09.